The first-order valence-electron chi connectivity index (χ1n) is 8.73. The van der Waals surface area contributed by atoms with Gasteiger partial charge < -0.3 is 14.8 Å². The molecule has 3 heterocycles. The first-order chi connectivity index (χ1) is 13.0. The number of benzene rings is 1. The lowest BCUT2D eigenvalue weighted by Crippen LogP contribution is -2.30. The molecule has 136 valence electrons. The number of nitrogens with one attached hydrogen (secondary N) is 1. The van der Waals surface area contributed by atoms with E-state index in [1.54, 1.807) is 25.4 Å². The highest BCUT2D eigenvalue weighted by atomic mass is 16.4. The van der Waals surface area contributed by atoms with Crippen molar-refractivity contribution in [2.45, 2.75) is 19.4 Å². The summed E-state index contributed by atoms with van der Waals surface area (Å²) < 4.78 is 5.59. The number of rotatable bonds is 5. The highest BCUT2D eigenvalue weighted by Crippen LogP contribution is 2.27. The number of anilines is 1. The van der Waals surface area contributed by atoms with Crippen molar-refractivity contribution < 1.29 is 9.52 Å². The number of hydrogen-bond donors (Lipinski definition) is 2. The van der Waals surface area contributed by atoms with Gasteiger partial charge in [0.2, 0.25) is 0 Å². The molecule has 0 saturated heterocycles. The van der Waals surface area contributed by atoms with E-state index < -0.39 is 5.60 Å². The molecule has 0 amide bonds. The molecule has 0 aliphatic rings. The first-order valence-corrected chi connectivity index (χ1v) is 8.73. The monoisotopic (exact) mass is 360 g/mol. The third-order valence-corrected chi connectivity index (χ3v) is 4.41. The Balaban J connectivity index is 1.70. The summed E-state index contributed by atoms with van der Waals surface area (Å²) in [7, 11) is 0. The first kappa shape index (κ1) is 17.2. The summed E-state index contributed by atoms with van der Waals surface area (Å²) in [5.74, 6) is 2.54. The van der Waals surface area contributed by atoms with E-state index in [2.05, 4.69) is 20.3 Å². The highest BCUT2D eigenvalue weighted by molar-refractivity contribution is 5.90. The molecule has 0 aliphatic heterocycles. The van der Waals surface area contributed by atoms with Crippen LogP contribution in [0.15, 0.2) is 65.3 Å². The molecule has 0 radical (unpaired) electrons. The van der Waals surface area contributed by atoms with Crippen LogP contribution in [0.4, 0.5) is 5.82 Å². The number of aliphatic hydroxyl groups is 1. The van der Waals surface area contributed by atoms with Crippen molar-refractivity contribution in [3.63, 3.8) is 0 Å². The zero-order valence-corrected chi connectivity index (χ0v) is 15.2. The van der Waals surface area contributed by atoms with Gasteiger partial charge >= 0.3 is 0 Å². The number of furan rings is 1. The summed E-state index contributed by atoms with van der Waals surface area (Å²) in [6.07, 6.45) is 3.43. The second-order valence-corrected chi connectivity index (χ2v) is 6.69. The van der Waals surface area contributed by atoms with Crippen molar-refractivity contribution in [1.29, 1.82) is 0 Å². The Hall–Kier alpha value is -3.25. The minimum Gasteiger partial charge on any atom is -0.463 e. The number of aromatic nitrogens is 3. The lowest BCUT2D eigenvalue weighted by molar-refractivity contribution is 0.0467. The minimum absolute atomic E-state index is 0.247. The molecule has 2 N–H and O–H groups in total. The van der Waals surface area contributed by atoms with E-state index in [0.717, 1.165) is 22.2 Å². The average Bonchev–Trinajstić information content (AvgIpc) is 3.14. The van der Waals surface area contributed by atoms with E-state index in [9.17, 15) is 5.11 Å². The van der Waals surface area contributed by atoms with Crippen molar-refractivity contribution in [3.05, 3.63) is 72.4 Å². The van der Waals surface area contributed by atoms with Crippen LogP contribution in [-0.2, 0) is 5.60 Å². The molecular weight excluding hydrogens is 340 g/mol. The predicted molar refractivity (Wildman–Crippen MR) is 104 cm³/mol. The maximum atomic E-state index is 10.8. The second-order valence-electron chi connectivity index (χ2n) is 6.69. The van der Waals surface area contributed by atoms with Crippen molar-refractivity contribution in [3.8, 4) is 11.4 Å². The van der Waals surface area contributed by atoms with Crippen molar-refractivity contribution >= 4 is 16.7 Å². The maximum absolute atomic E-state index is 10.8. The van der Waals surface area contributed by atoms with Crippen LogP contribution in [0.1, 0.15) is 18.4 Å². The molecule has 0 aliphatic carbocycles. The van der Waals surface area contributed by atoms with Gasteiger partial charge in [0.15, 0.2) is 5.82 Å². The van der Waals surface area contributed by atoms with Crippen LogP contribution in [0, 0.1) is 6.92 Å². The largest absolute Gasteiger partial charge is 0.463 e. The van der Waals surface area contributed by atoms with E-state index in [1.165, 1.54) is 0 Å². The van der Waals surface area contributed by atoms with Crippen LogP contribution in [0.25, 0.3) is 22.3 Å². The summed E-state index contributed by atoms with van der Waals surface area (Å²) in [6, 6.07) is 15.2. The number of hydrogen-bond acceptors (Lipinski definition) is 6. The van der Waals surface area contributed by atoms with Gasteiger partial charge in [-0.15, -0.1) is 0 Å². The van der Waals surface area contributed by atoms with Gasteiger partial charge in [0.1, 0.15) is 22.9 Å². The fourth-order valence-electron chi connectivity index (χ4n) is 2.91. The van der Waals surface area contributed by atoms with Crippen LogP contribution in [0.2, 0.25) is 0 Å². The lowest BCUT2D eigenvalue weighted by atomic mass is 10.0. The predicted octanol–water partition coefficient (Wildman–Crippen LogP) is 3.91. The molecule has 3 aromatic heterocycles. The molecule has 0 bridgehead atoms. The zero-order valence-electron chi connectivity index (χ0n) is 15.2. The van der Waals surface area contributed by atoms with Crippen LogP contribution < -0.4 is 5.32 Å². The Morgan fingerprint density at radius 3 is 2.56 bits per heavy atom. The summed E-state index contributed by atoms with van der Waals surface area (Å²) >= 11 is 0. The summed E-state index contributed by atoms with van der Waals surface area (Å²) in [5, 5.41) is 15.0. The highest BCUT2D eigenvalue weighted by Gasteiger charge is 2.27. The number of aryl methyl sites for hydroxylation is 1. The Kier molecular flexibility index (Phi) is 4.33. The summed E-state index contributed by atoms with van der Waals surface area (Å²) in [5.41, 5.74) is 0.541. The Morgan fingerprint density at radius 1 is 1.04 bits per heavy atom. The van der Waals surface area contributed by atoms with E-state index in [4.69, 9.17) is 4.42 Å². The van der Waals surface area contributed by atoms with Gasteiger partial charge in [0.05, 0.1) is 12.1 Å². The molecule has 27 heavy (non-hydrogen) atoms. The van der Waals surface area contributed by atoms with Crippen LogP contribution in [0.5, 0.6) is 0 Å². The van der Waals surface area contributed by atoms with Crippen molar-refractivity contribution in [2.24, 2.45) is 0 Å². The van der Waals surface area contributed by atoms with E-state index in [1.807, 2.05) is 49.4 Å². The SMILES string of the molecule is Cc1ccc(C(C)(O)CNc2nc(-c3ccncc3)nc3ccccc23)o1. The maximum Gasteiger partial charge on any atom is 0.162 e. The Labute approximate surface area is 156 Å². The van der Waals surface area contributed by atoms with Crippen LogP contribution in [0.3, 0.4) is 0 Å². The molecule has 4 rings (SSSR count). The number of pyridine rings is 1. The lowest BCUT2D eigenvalue weighted by Gasteiger charge is -2.22. The molecule has 0 saturated carbocycles. The number of para-hydroxylation sites is 1. The van der Waals surface area contributed by atoms with Gasteiger partial charge in [-0.2, -0.15) is 0 Å². The third kappa shape index (κ3) is 3.52. The van der Waals surface area contributed by atoms with Gasteiger partial charge in [-0.25, -0.2) is 9.97 Å². The van der Waals surface area contributed by atoms with E-state index >= 15 is 0 Å². The fourth-order valence-corrected chi connectivity index (χ4v) is 2.91. The Bertz CT molecular complexity index is 1070. The normalized spacial score (nSPS) is 13.4. The fraction of sp³-hybridized carbons (Fsp3) is 0.190. The quantitative estimate of drug-likeness (QED) is 0.561. The molecule has 6 heteroatoms. The van der Waals surface area contributed by atoms with Gasteiger partial charge in [-0.1, -0.05) is 12.1 Å². The number of fused-ring (bicyclic) bond motifs is 1. The molecule has 1 unspecified atom stereocenters. The Morgan fingerprint density at radius 2 is 1.81 bits per heavy atom. The standard InChI is InChI=1S/C21H20N4O2/c1-14-7-8-18(27-14)21(2,26)13-23-20-16-5-3-4-6-17(16)24-19(25-20)15-9-11-22-12-10-15/h3-12,26H,13H2,1-2H3,(H,23,24,25). The third-order valence-electron chi connectivity index (χ3n) is 4.41. The zero-order chi connectivity index (χ0) is 18.9. The molecule has 1 atom stereocenters. The smallest absolute Gasteiger partial charge is 0.162 e. The van der Waals surface area contributed by atoms with Gasteiger partial charge in [-0.3, -0.25) is 4.98 Å². The van der Waals surface area contributed by atoms with Crippen LogP contribution in [-0.4, -0.2) is 26.6 Å². The molecule has 1 aromatic carbocycles. The molecular formula is C21H20N4O2. The average molecular weight is 360 g/mol. The minimum atomic E-state index is -1.17. The van der Waals surface area contributed by atoms with Gasteiger partial charge in [0, 0.05) is 23.3 Å². The molecule has 0 spiro atoms. The van der Waals surface area contributed by atoms with Crippen LogP contribution >= 0.6 is 0 Å². The molecule has 0 fully saturated rings. The number of nitrogens with zero attached hydrogens (tertiary/aromatic N) is 3. The molecule has 4 aromatic rings. The van der Waals surface area contributed by atoms with Crippen molar-refractivity contribution in [1.82, 2.24) is 15.0 Å². The van der Waals surface area contributed by atoms with Gasteiger partial charge in [0.25, 0.3) is 0 Å². The molecule has 6 nitrogen and oxygen atoms in total. The summed E-state index contributed by atoms with van der Waals surface area (Å²) in [6.45, 7) is 3.81. The second kappa shape index (κ2) is 6.81. The van der Waals surface area contributed by atoms with Crippen molar-refractivity contribution in [2.75, 3.05) is 11.9 Å². The van der Waals surface area contributed by atoms with E-state index in [0.29, 0.717) is 17.4 Å². The topological polar surface area (TPSA) is 84.1 Å². The van der Waals surface area contributed by atoms with E-state index in [-0.39, 0.29) is 6.54 Å². The summed E-state index contributed by atoms with van der Waals surface area (Å²) in [4.78, 5) is 13.4. The van der Waals surface area contributed by atoms with Gasteiger partial charge in [-0.05, 0) is 50.2 Å².